The van der Waals surface area contributed by atoms with Gasteiger partial charge in [0.15, 0.2) is 5.13 Å². The van der Waals surface area contributed by atoms with E-state index in [1.54, 1.807) is 29.5 Å². The number of carbonyl (C=O) groups excluding carboxylic acids is 1. The van der Waals surface area contributed by atoms with Crippen LogP contribution in [0.25, 0.3) is 10.2 Å². The van der Waals surface area contributed by atoms with Gasteiger partial charge in [0.25, 0.3) is 15.9 Å². The van der Waals surface area contributed by atoms with Crippen LogP contribution < -0.4 is 14.9 Å². The van der Waals surface area contributed by atoms with Gasteiger partial charge in [0.1, 0.15) is 5.82 Å². The second-order valence-electron chi connectivity index (χ2n) is 8.80. The van der Waals surface area contributed by atoms with Gasteiger partial charge in [-0.1, -0.05) is 39.4 Å². The van der Waals surface area contributed by atoms with E-state index in [0.29, 0.717) is 13.1 Å². The molecule has 0 aliphatic carbocycles. The molecular weight excluding hydrogens is 629 g/mol. The Labute approximate surface area is 244 Å². The molecule has 0 saturated carbocycles. The first-order chi connectivity index (χ1) is 18.3. The number of nitrogens with zero attached hydrogens (tertiary/aromatic N) is 3. The maximum atomic E-state index is 13.2. The molecule has 3 aromatic carbocycles. The van der Waals surface area contributed by atoms with Gasteiger partial charge in [-0.2, -0.15) is 0 Å². The minimum absolute atomic E-state index is 0. The first-order valence-corrected chi connectivity index (χ1v) is 15.1. The molecule has 0 radical (unpaired) electrons. The number of carbonyl (C=O) groups is 1. The highest BCUT2D eigenvalue weighted by molar-refractivity contribution is 9.10. The number of amides is 1. The number of aromatic nitrogens is 1. The van der Waals surface area contributed by atoms with Crippen molar-refractivity contribution in [1.29, 1.82) is 0 Å². The lowest BCUT2D eigenvalue weighted by Crippen LogP contribution is -2.48. The highest BCUT2D eigenvalue weighted by Gasteiger charge is 2.21. The van der Waals surface area contributed by atoms with E-state index in [4.69, 9.17) is 4.98 Å². The van der Waals surface area contributed by atoms with Crippen LogP contribution in [0.1, 0.15) is 10.4 Å². The van der Waals surface area contributed by atoms with Gasteiger partial charge in [-0.15, -0.1) is 12.4 Å². The van der Waals surface area contributed by atoms with Gasteiger partial charge in [-0.25, -0.2) is 17.8 Å². The van der Waals surface area contributed by atoms with Gasteiger partial charge in [-0.3, -0.25) is 14.4 Å². The van der Waals surface area contributed by atoms with Crippen molar-refractivity contribution in [2.45, 2.75) is 4.90 Å². The van der Waals surface area contributed by atoms with Gasteiger partial charge in [0, 0.05) is 43.7 Å². The largest absolute Gasteiger partial charge is 0.351 e. The average molecular weight is 655 g/mol. The van der Waals surface area contributed by atoms with E-state index in [9.17, 15) is 17.6 Å². The molecule has 39 heavy (non-hydrogen) atoms. The SMILES string of the molecule is Cl.O=C(NCCN1CCN(c2nc3ccc(Br)cc3s2)CC1)c1ccccc1NS(=O)(=O)c1ccc(F)cc1. The van der Waals surface area contributed by atoms with Gasteiger partial charge in [-0.05, 0) is 54.6 Å². The molecule has 0 spiro atoms. The van der Waals surface area contributed by atoms with E-state index in [1.165, 1.54) is 18.2 Å². The van der Waals surface area contributed by atoms with E-state index in [-0.39, 0.29) is 34.5 Å². The van der Waals surface area contributed by atoms with Gasteiger partial charge < -0.3 is 10.2 Å². The van der Waals surface area contributed by atoms with Crippen LogP contribution >= 0.6 is 39.7 Å². The number of hydrogen-bond donors (Lipinski definition) is 2. The predicted molar refractivity (Wildman–Crippen MR) is 159 cm³/mol. The Morgan fingerprint density at radius 1 is 1.03 bits per heavy atom. The molecular formula is C26H26BrClFN5O3S2. The van der Waals surface area contributed by atoms with E-state index in [2.05, 4.69) is 41.8 Å². The summed E-state index contributed by atoms with van der Waals surface area (Å²) in [7, 11) is -3.98. The molecule has 1 saturated heterocycles. The zero-order valence-corrected chi connectivity index (χ0v) is 24.7. The summed E-state index contributed by atoms with van der Waals surface area (Å²) in [4.78, 5) is 22.1. The Balaban J connectivity index is 0.00000353. The average Bonchev–Trinajstić information content (AvgIpc) is 3.32. The minimum Gasteiger partial charge on any atom is -0.351 e. The fourth-order valence-electron chi connectivity index (χ4n) is 4.19. The van der Waals surface area contributed by atoms with E-state index >= 15 is 0 Å². The van der Waals surface area contributed by atoms with Crippen molar-refractivity contribution in [2.75, 3.05) is 48.9 Å². The molecule has 206 valence electrons. The molecule has 1 amide bonds. The zero-order chi connectivity index (χ0) is 26.7. The first kappa shape index (κ1) is 29.2. The molecule has 2 N–H and O–H groups in total. The van der Waals surface area contributed by atoms with Crippen LogP contribution in [0.3, 0.4) is 0 Å². The molecule has 2 heterocycles. The quantitative estimate of drug-likeness (QED) is 0.279. The lowest BCUT2D eigenvalue weighted by molar-refractivity contribution is 0.0948. The lowest BCUT2D eigenvalue weighted by atomic mass is 10.1. The summed E-state index contributed by atoms with van der Waals surface area (Å²) in [6, 6.07) is 17.0. The Morgan fingerprint density at radius 2 is 1.74 bits per heavy atom. The van der Waals surface area contributed by atoms with E-state index in [0.717, 1.165) is 58.1 Å². The minimum atomic E-state index is -3.98. The predicted octanol–water partition coefficient (Wildman–Crippen LogP) is 4.97. The molecule has 13 heteroatoms. The molecule has 1 aliphatic rings. The highest BCUT2D eigenvalue weighted by atomic mass is 79.9. The van der Waals surface area contributed by atoms with E-state index < -0.39 is 15.8 Å². The van der Waals surface area contributed by atoms with Gasteiger partial charge >= 0.3 is 0 Å². The third kappa shape index (κ3) is 7.06. The van der Waals surface area contributed by atoms with Crippen molar-refractivity contribution >= 4 is 76.6 Å². The van der Waals surface area contributed by atoms with Crippen LogP contribution in [0, 0.1) is 5.82 Å². The molecule has 0 atom stereocenters. The zero-order valence-electron chi connectivity index (χ0n) is 20.6. The maximum absolute atomic E-state index is 13.2. The highest BCUT2D eigenvalue weighted by Crippen LogP contribution is 2.31. The van der Waals surface area contributed by atoms with Crippen molar-refractivity contribution in [2.24, 2.45) is 0 Å². The smallest absolute Gasteiger partial charge is 0.261 e. The number of halogens is 3. The monoisotopic (exact) mass is 653 g/mol. The number of thiazole rings is 1. The van der Waals surface area contributed by atoms with Crippen LogP contribution in [-0.2, 0) is 10.0 Å². The van der Waals surface area contributed by atoms with Crippen LogP contribution in [0.4, 0.5) is 15.2 Å². The van der Waals surface area contributed by atoms with Crippen molar-refractivity contribution in [1.82, 2.24) is 15.2 Å². The van der Waals surface area contributed by atoms with Crippen molar-refractivity contribution in [3.63, 3.8) is 0 Å². The number of para-hydroxylation sites is 1. The van der Waals surface area contributed by atoms with Gasteiger partial charge in [0.05, 0.1) is 26.4 Å². The molecule has 5 rings (SSSR count). The van der Waals surface area contributed by atoms with Crippen LogP contribution in [0.15, 0.2) is 76.1 Å². The summed E-state index contributed by atoms with van der Waals surface area (Å²) in [6.07, 6.45) is 0. The van der Waals surface area contributed by atoms with Crippen LogP contribution in [0.5, 0.6) is 0 Å². The third-order valence-electron chi connectivity index (χ3n) is 6.24. The summed E-state index contributed by atoms with van der Waals surface area (Å²) < 4.78 is 43.3. The number of rotatable bonds is 8. The van der Waals surface area contributed by atoms with Crippen LogP contribution in [0.2, 0.25) is 0 Å². The second-order valence-corrected chi connectivity index (χ2v) is 12.4. The topological polar surface area (TPSA) is 94.6 Å². The van der Waals surface area contributed by atoms with Crippen molar-refractivity contribution in [3.05, 3.63) is 82.6 Å². The fraction of sp³-hybridized carbons (Fsp3) is 0.231. The number of sulfonamides is 1. The summed E-state index contributed by atoms with van der Waals surface area (Å²) >= 11 is 5.20. The lowest BCUT2D eigenvalue weighted by Gasteiger charge is -2.34. The standard InChI is InChI=1S/C26H25BrFN5O3S2.ClH/c27-18-5-10-23-24(17-18)37-26(30-23)33-15-13-32(14-16-33)12-11-29-25(34)21-3-1-2-4-22(21)31-38(35,36)20-8-6-19(28)7-9-20;/h1-10,17,31H,11-16H2,(H,29,34);1H. The summed E-state index contributed by atoms with van der Waals surface area (Å²) in [5.41, 5.74) is 1.37. The Morgan fingerprint density at radius 3 is 2.49 bits per heavy atom. The third-order valence-corrected chi connectivity index (χ3v) is 9.19. The molecule has 0 bridgehead atoms. The van der Waals surface area contributed by atoms with E-state index in [1.807, 2.05) is 12.1 Å². The summed E-state index contributed by atoms with van der Waals surface area (Å²) in [5.74, 6) is -0.906. The van der Waals surface area contributed by atoms with Crippen molar-refractivity contribution in [3.8, 4) is 0 Å². The van der Waals surface area contributed by atoms with Gasteiger partial charge in [0.2, 0.25) is 0 Å². The normalized spacial score (nSPS) is 14.2. The maximum Gasteiger partial charge on any atom is 0.261 e. The number of nitrogens with one attached hydrogen (secondary N) is 2. The Hall–Kier alpha value is -2.77. The Bertz CT molecular complexity index is 1560. The number of benzene rings is 3. The Kier molecular flexibility index (Phi) is 9.44. The fourth-order valence-corrected chi connectivity index (χ4v) is 6.84. The van der Waals surface area contributed by atoms with Crippen LogP contribution in [-0.4, -0.2) is 63.5 Å². The second kappa shape index (κ2) is 12.6. The number of piperazine rings is 1. The molecule has 1 fully saturated rings. The number of hydrogen-bond acceptors (Lipinski definition) is 7. The summed E-state index contributed by atoms with van der Waals surface area (Å²) in [6.45, 7) is 4.50. The number of anilines is 2. The first-order valence-electron chi connectivity index (χ1n) is 12.0. The molecule has 1 aliphatic heterocycles. The van der Waals surface area contributed by atoms with Crippen molar-refractivity contribution < 1.29 is 17.6 Å². The molecule has 1 aromatic heterocycles. The number of fused-ring (bicyclic) bond motifs is 1. The molecule has 4 aromatic rings. The molecule has 8 nitrogen and oxygen atoms in total. The summed E-state index contributed by atoms with van der Waals surface area (Å²) in [5, 5.41) is 3.91. The molecule has 0 unspecified atom stereocenters.